The highest BCUT2D eigenvalue weighted by Crippen LogP contribution is 2.41. The molecule has 190 valence electrons. The molecule has 0 aliphatic heterocycles. The first-order valence-corrected chi connectivity index (χ1v) is 13.5. The third-order valence-corrected chi connectivity index (χ3v) is 8.10. The lowest BCUT2D eigenvalue weighted by Crippen LogP contribution is -2.16. The van der Waals surface area contributed by atoms with Crippen LogP contribution in [0.15, 0.2) is 36.4 Å². The Morgan fingerprint density at radius 1 is 0.829 bits per heavy atom. The molecule has 2 aromatic rings. The molecule has 2 aliphatic carbocycles. The van der Waals surface area contributed by atoms with Crippen LogP contribution in [0.2, 0.25) is 0 Å². The minimum Gasteiger partial charge on any atom is -0.493 e. The van der Waals surface area contributed by atoms with Crippen LogP contribution in [0.5, 0.6) is 5.75 Å². The van der Waals surface area contributed by atoms with Gasteiger partial charge < -0.3 is 4.74 Å². The molecule has 4 heteroatoms. The summed E-state index contributed by atoms with van der Waals surface area (Å²) in [6.45, 7) is 4.92. The fourth-order valence-corrected chi connectivity index (χ4v) is 5.71. The maximum absolute atomic E-state index is 15.1. The Bertz CT molecular complexity index is 999. The van der Waals surface area contributed by atoms with Gasteiger partial charge in [-0.3, -0.25) is 0 Å². The summed E-state index contributed by atoms with van der Waals surface area (Å²) >= 11 is 0. The summed E-state index contributed by atoms with van der Waals surface area (Å²) < 4.78 is 50.1. The second-order valence-electron chi connectivity index (χ2n) is 10.7. The maximum atomic E-state index is 15.1. The first kappa shape index (κ1) is 25.9. The summed E-state index contributed by atoms with van der Waals surface area (Å²) in [5, 5.41) is 0. The Morgan fingerprint density at radius 3 is 2.00 bits per heavy atom. The number of hydrogen-bond acceptors (Lipinski definition) is 1. The molecule has 1 nitrogen and oxygen atoms in total. The molecule has 0 spiro atoms. The zero-order valence-electron chi connectivity index (χ0n) is 21.2. The van der Waals surface area contributed by atoms with E-state index >= 15 is 8.78 Å². The van der Waals surface area contributed by atoms with Crippen molar-refractivity contribution in [3.63, 3.8) is 0 Å². The van der Waals surface area contributed by atoms with Gasteiger partial charge in [0.1, 0.15) is 11.6 Å². The van der Waals surface area contributed by atoms with Gasteiger partial charge in [-0.2, -0.15) is 0 Å². The second-order valence-corrected chi connectivity index (χ2v) is 10.7. The SMILES string of the molecule is CCCCOc1ccc(/C=C/C2CCC(c3ccc(C4CCC(C)CC4)c(F)c3F)CC2)c(F)c1. The highest BCUT2D eigenvalue weighted by molar-refractivity contribution is 5.52. The van der Waals surface area contributed by atoms with Gasteiger partial charge >= 0.3 is 0 Å². The lowest BCUT2D eigenvalue weighted by molar-refractivity contribution is 0.308. The molecule has 0 radical (unpaired) electrons. The minimum atomic E-state index is -0.636. The fourth-order valence-electron chi connectivity index (χ4n) is 5.71. The Balaban J connectivity index is 1.33. The summed E-state index contributed by atoms with van der Waals surface area (Å²) in [7, 11) is 0. The maximum Gasteiger partial charge on any atom is 0.162 e. The molecule has 35 heavy (non-hydrogen) atoms. The standard InChI is InChI=1S/C31H39F3O/c1-3-4-19-35-26-16-15-25(29(32)20-26)14-9-22-7-12-24(13-8-22)28-18-17-27(30(33)31(28)34)23-10-5-21(2)6-11-23/h9,14-18,20-24H,3-8,10-13,19H2,1-2H3/b14-9+. The van der Waals surface area contributed by atoms with E-state index in [1.807, 2.05) is 24.3 Å². The van der Waals surface area contributed by atoms with Gasteiger partial charge in [0.25, 0.3) is 0 Å². The predicted octanol–water partition coefficient (Wildman–Crippen LogP) is 9.56. The minimum absolute atomic E-state index is 0.0471. The third-order valence-electron chi connectivity index (χ3n) is 8.10. The largest absolute Gasteiger partial charge is 0.493 e. The zero-order valence-corrected chi connectivity index (χ0v) is 21.2. The smallest absolute Gasteiger partial charge is 0.162 e. The van der Waals surface area contributed by atoms with Crippen molar-refractivity contribution >= 4 is 6.08 Å². The van der Waals surface area contributed by atoms with Gasteiger partial charge in [0, 0.05) is 11.6 Å². The Labute approximate surface area is 208 Å². The molecule has 2 fully saturated rings. The van der Waals surface area contributed by atoms with Gasteiger partial charge in [-0.25, -0.2) is 13.2 Å². The van der Waals surface area contributed by atoms with E-state index in [1.54, 1.807) is 6.07 Å². The number of unbranched alkanes of at least 4 members (excludes halogenated alkanes) is 1. The predicted molar refractivity (Wildman–Crippen MR) is 137 cm³/mol. The summed E-state index contributed by atoms with van der Waals surface area (Å²) in [6, 6.07) is 8.70. The average molecular weight is 485 g/mol. The first-order valence-electron chi connectivity index (χ1n) is 13.5. The molecule has 0 N–H and O–H groups in total. The molecule has 0 atom stereocenters. The Kier molecular flexibility index (Phi) is 8.97. The molecule has 0 heterocycles. The molecule has 2 aliphatic rings. The van der Waals surface area contributed by atoms with Gasteiger partial charge in [-0.05, 0) is 91.9 Å². The monoisotopic (exact) mass is 484 g/mol. The van der Waals surface area contributed by atoms with E-state index in [0.29, 0.717) is 40.9 Å². The number of allylic oxidation sites excluding steroid dienone is 1. The van der Waals surface area contributed by atoms with E-state index in [1.165, 1.54) is 6.07 Å². The lowest BCUT2D eigenvalue weighted by Gasteiger charge is -2.29. The lowest BCUT2D eigenvalue weighted by atomic mass is 9.76. The molecule has 4 rings (SSSR count). The summed E-state index contributed by atoms with van der Waals surface area (Å²) in [5.74, 6) is 0.218. The van der Waals surface area contributed by atoms with E-state index in [0.717, 1.165) is 64.2 Å². The average Bonchev–Trinajstić information content (AvgIpc) is 2.86. The topological polar surface area (TPSA) is 9.23 Å². The molecule has 0 amide bonds. The third kappa shape index (κ3) is 6.51. The number of rotatable bonds is 8. The van der Waals surface area contributed by atoms with E-state index < -0.39 is 11.6 Å². The fraction of sp³-hybridized carbons (Fsp3) is 0.548. The van der Waals surface area contributed by atoms with Crippen LogP contribution in [-0.2, 0) is 0 Å². The van der Waals surface area contributed by atoms with Crippen LogP contribution < -0.4 is 4.74 Å². The molecule has 0 bridgehead atoms. The van der Waals surface area contributed by atoms with E-state index in [-0.39, 0.29) is 17.7 Å². The van der Waals surface area contributed by atoms with Crippen molar-refractivity contribution in [3.05, 3.63) is 70.5 Å². The number of benzene rings is 2. The number of halogens is 3. The number of hydrogen-bond donors (Lipinski definition) is 0. The normalized spacial score (nSPS) is 25.2. The van der Waals surface area contributed by atoms with Crippen LogP contribution in [0.3, 0.4) is 0 Å². The highest BCUT2D eigenvalue weighted by atomic mass is 19.2. The van der Waals surface area contributed by atoms with Gasteiger partial charge in [0.05, 0.1) is 6.61 Å². The summed E-state index contributed by atoms with van der Waals surface area (Å²) in [6.07, 6.45) is 13.4. The highest BCUT2D eigenvalue weighted by Gasteiger charge is 2.28. The molecule has 2 aromatic carbocycles. The van der Waals surface area contributed by atoms with Crippen molar-refractivity contribution in [3.8, 4) is 5.75 Å². The van der Waals surface area contributed by atoms with Gasteiger partial charge in [0.2, 0.25) is 0 Å². The molecular formula is C31H39F3O. The molecule has 0 aromatic heterocycles. The molecule has 2 saturated carbocycles. The van der Waals surface area contributed by atoms with E-state index in [9.17, 15) is 4.39 Å². The molecule has 0 saturated heterocycles. The molecule has 0 unspecified atom stereocenters. The van der Waals surface area contributed by atoms with Gasteiger partial charge in [-0.15, -0.1) is 0 Å². The summed E-state index contributed by atoms with van der Waals surface area (Å²) in [5.41, 5.74) is 1.65. The Hall–Kier alpha value is -2.23. The van der Waals surface area contributed by atoms with Crippen molar-refractivity contribution in [2.45, 2.75) is 89.9 Å². The molecular weight excluding hydrogens is 445 g/mol. The van der Waals surface area contributed by atoms with Crippen LogP contribution in [0.4, 0.5) is 13.2 Å². The summed E-state index contributed by atoms with van der Waals surface area (Å²) in [4.78, 5) is 0. The first-order chi connectivity index (χ1) is 17.0. The van der Waals surface area contributed by atoms with Crippen LogP contribution >= 0.6 is 0 Å². The van der Waals surface area contributed by atoms with E-state index in [4.69, 9.17) is 4.74 Å². The van der Waals surface area contributed by atoms with Crippen molar-refractivity contribution in [2.75, 3.05) is 6.61 Å². The Morgan fingerprint density at radius 2 is 1.43 bits per heavy atom. The van der Waals surface area contributed by atoms with Gasteiger partial charge in [-0.1, -0.05) is 57.4 Å². The van der Waals surface area contributed by atoms with E-state index in [2.05, 4.69) is 19.9 Å². The second kappa shape index (κ2) is 12.1. The van der Waals surface area contributed by atoms with Crippen molar-refractivity contribution in [1.29, 1.82) is 0 Å². The van der Waals surface area contributed by atoms with Crippen molar-refractivity contribution in [2.24, 2.45) is 11.8 Å². The zero-order chi connectivity index (χ0) is 24.8. The van der Waals surface area contributed by atoms with Crippen LogP contribution in [0.1, 0.15) is 107 Å². The van der Waals surface area contributed by atoms with Crippen LogP contribution in [0.25, 0.3) is 6.08 Å². The van der Waals surface area contributed by atoms with Crippen LogP contribution in [-0.4, -0.2) is 6.61 Å². The van der Waals surface area contributed by atoms with Crippen LogP contribution in [0, 0.1) is 29.3 Å². The number of ether oxygens (including phenoxy) is 1. The van der Waals surface area contributed by atoms with Gasteiger partial charge in [0.15, 0.2) is 11.6 Å². The quantitative estimate of drug-likeness (QED) is 0.339. The van der Waals surface area contributed by atoms with Crippen molar-refractivity contribution < 1.29 is 17.9 Å². The van der Waals surface area contributed by atoms with Crippen molar-refractivity contribution in [1.82, 2.24) is 0 Å².